The van der Waals surface area contributed by atoms with Gasteiger partial charge in [0.05, 0.1) is 18.4 Å². The summed E-state index contributed by atoms with van der Waals surface area (Å²) in [4.78, 5) is 17.9. The molecule has 10 heteroatoms. The molecule has 3 rings (SSSR count). The molecular weight excluding hydrogens is 571 g/mol. The Morgan fingerprint density at radius 2 is 1.86 bits per heavy atom. The second kappa shape index (κ2) is 13.0. The quantitative estimate of drug-likeness (QED) is 0.0662. The standard InChI is InChI=1S/C26H31IN6O3/c1-4-35-22-14-18(10-13-21(22)36-16(2)3)24(31-19-11-8-17(9-12-19)25(28)29)26(34)33-32-23-7-5-6-20(15-27)30-23/h5-14,16,24,31H,4,15H2,1-3H3,(H3,28,29)(H,30,32)(H,33,34). The van der Waals surface area contributed by atoms with Gasteiger partial charge < -0.3 is 20.5 Å². The van der Waals surface area contributed by atoms with Crippen molar-refractivity contribution in [1.82, 2.24) is 10.4 Å². The Bertz CT molecular complexity index is 1190. The van der Waals surface area contributed by atoms with E-state index < -0.39 is 6.04 Å². The molecule has 0 saturated heterocycles. The van der Waals surface area contributed by atoms with Crippen molar-refractivity contribution in [3.8, 4) is 11.5 Å². The van der Waals surface area contributed by atoms with Gasteiger partial charge in [-0.1, -0.05) is 34.7 Å². The summed E-state index contributed by atoms with van der Waals surface area (Å²) in [7, 11) is 0. The number of hydrogen-bond donors (Lipinski definition) is 5. The van der Waals surface area contributed by atoms with E-state index in [1.807, 2.05) is 39.0 Å². The summed E-state index contributed by atoms with van der Waals surface area (Å²) in [6.45, 7) is 6.23. The van der Waals surface area contributed by atoms with Gasteiger partial charge in [-0.05, 0) is 74.9 Å². The van der Waals surface area contributed by atoms with Gasteiger partial charge in [-0.3, -0.25) is 21.1 Å². The summed E-state index contributed by atoms with van der Waals surface area (Å²) in [6, 6.07) is 17.2. The lowest BCUT2D eigenvalue weighted by atomic mass is 10.0. The van der Waals surface area contributed by atoms with Crippen LogP contribution in [0.2, 0.25) is 0 Å². The number of halogens is 1. The first kappa shape index (κ1) is 27.1. The maximum atomic E-state index is 13.4. The Hall–Kier alpha value is -3.54. The molecule has 36 heavy (non-hydrogen) atoms. The fourth-order valence-electron chi connectivity index (χ4n) is 3.36. The zero-order valence-electron chi connectivity index (χ0n) is 20.5. The molecule has 0 spiro atoms. The van der Waals surface area contributed by atoms with Crippen LogP contribution in [-0.4, -0.2) is 29.4 Å². The number of hydrogen-bond acceptors (Lipinski definition) is 7. The zero-order valence-corrected chi connectivity index (χ0v) is 22.6. The molecule has 3 aromatic rings. The van der Waals surface area contributed by atoms with Gasteiger partial charge in [-0.15, -0.1) is 0 Å². The highest BCUT2D eigenvalue weighted by molar-refractivity contribution is 14.1. The van der Waals surface area contributed by atoms with Crippen molar-refractivity contribution in [2.45, 2.75) is 37.3 Å². The predicted octanol–water partition coefficient (Wildman–Crippen LogP) is 4.78. The number of carbonyl (C=O) groups is 1. The van der Waals surface area contributed by atoms with Gasteiger partial charge in [-0.25, -0.2) is 4.98 Å². The molecule has 190 valence electrons. The molecule has 1 heterocycles. The average molecular weight is 602 g/mol. The second-order valence-corrected chi connectivity index (χ2v) is 8.90. The molecule has 2 aromatic carbocycles. The lowest BCUT2D eigenvalue weighted by Gasteiger charge is -2.22. The van der Waals surface area contributed by atoms with Gasteiger partial charge in [-0.2, -0.15) is 0 Å². The van der Waals surface area contributed by atoms with Gasteiger partial charge in [0.15, 0.2) is 11.5 Å². The molecule has 0 aliphatic heterocycles. The van der Waals surface area contributed by atoms with Crippen LogP contribution in [0.4, 0.5) is 11.5 Å². The predicted molar refractivity (Wildman–Crippen MR) is 151 cm³/mol. The summed E-state index contributed by atoms with van der Waals surface area (Å²) in [6.07, 6.45) is -0.0259. The minimum absolute atomic E-state index is 0.0247. The van der Waals surface area contributed by atoms with Crippen LogP contribution in [-0.2, 0) is 9.22 Å². The third-order valence-corrected chi connectivity index (χ3v) is 5.77. The minimum Gasteiger partial charge on any atom is -0.490 e. The number of rotatable bonds is 12. The van der Waals surface area contributed by atoms with E-state index in [9.17, 15) is 4.79 Å². The van der Waals surface area contributed by atoms with Crippen LogP contribution in [0.15, 0.2) is 60.7 Å². The highest BCUT2D eigenvalue weighted by atomic mass is 127. The first-order valence-electron chi connectivity index (χ1n) is 11.5. The Kier molecular flexibility index (Phi) is 9.74. The van der Waals surface area contributed by atoms with E-state index in [4.69, 9.17) is 20.6 Å². The molecule has 1 unspecified atom stereocenters. The number of nitrogen functional groups attached to an aromatic ring is 1. The first-order valence-corrected chi connectivity index (χ1v) is 13.1. The maximum absolute atomic E-state index is 13.4. The minimum atomic E-state index is -0.777. The van der Waals surface area contributed by atoms with Crippen LogP contribution >= 0.6 is 22.6 Å². The van der Waals surface area contributed by atoms with Crippen LogP contribution in [0.25, 0.3) is 0 Å². The molecule has 9 nitrogen and oxygen atoms in total. The fraction of sp³-hybridized carbons (Fsp3) is 0.269. The number of carbonyl (C=O) groups excluding carboxylic acids is 1. The van der Waals surface area contributed by atoms with Crippen LogP contribution in [0, 0.1) is 5.41 Å². The molecule has 0 radical (unpaired) electrons. The molecule has 0 bridgehead atoms. The first-order chi connectivity index (χ1) is 17.3. The lowest BCUT2D eigenvalue weighted by molar-refractivity contribution is -0.121. The molecule has 1 amide bonds. The topological polar surface area (TPSA) is 134 Å². The van der Waals surface area contributed by atoms with Crippen molar-refractivity contribution < 1.29 is 14.3 Å². The largest absolute Gasteiger partial charge is 0.490 e. The van der Waals surface area contributed by atoms with E-state index in [0.717, 1.165) is 10.1 Å². The molecule has 0 fully saturated rings. The van der Waals surface area contributed by atoms with Gasteiger partial charge >= 0.3 is 0 Å². The zero-order chi connectivity index (χ0) is 26.1. The van der Waals surface area contributed by atoms with E-state index in [2.05, 4.69) is 43.7 Å². The number of hydrazine groups is 1. The lowest BCUT2D eigenvalue weighted by Crippen LogP contribution is -2.37. The highest BCUT2D eigenvalue weighted by Gasteiger charge is 2.23. The number of ether oxygens (including phenoxy) is 2. The third kappa shape index (κ3) is 7.48. The number of benzene rings is 2. The number of nitrogens with two attached hydrogens (primary N) is 1. The van der Waals surface area contributed by atoms with E-state index in [1.54, 1.807) is 42.5 Å². The van der Waals surface area contributed by atoms with Crippen molar-refractivity contribution in [3.63, 3.8) is 0 Å². The Balaban J connectivity index is 1.90. The van der Waals surface area contributed by atoms with Crippen molar-refractivity contribution in [3.05, 3.63) is 77.5 Å². The number of aromatic nitrogens is 1. The summed E-state index contributed by atoms with van der Waals surface area (Å²) in [5.41, 5.74) is 14.1. The number of pyridine rings is 1. The monoisotopic (exact) mass is 602 g/mol. The van der Waals surface area contributed by atoms with Crippen LogP contribution in [0.3, 0.4) is 0 Å². The van der Waals surface area contributed by atoms with Crippen molar-refractivity contribution in [1.29, 1.82) is 5.41 Å². The van der Waals surface area contributed by atoms with Crippen LogP contribution in [0.5, 0.6) is 11.5 Å². The van der Waals surface area contributed by atoms with Crippen molar-refractivity contribution >= 4 is 45.8 Å². The second-order valence-electron chi connectivity index (χ2n) is 8.14. The summed E-state index contributed by atoms with van der Waals surface area (Å²) in [5.74, 6) is 1.35. The molecule has 0 aliphatic rings. The van der Waals surface area contributed by atoms with E-state index >= 15 is 0 Å². The number of amides is 1. The Morgan fingerprint density at radius 3 is 2.50 bits per heavy atom. The number of anilines is 2. The summed E-state index contributed by atoms with van der Waals surface area (Å²) in [5, 5.41) is 10.9. The van der Waals surface area contributed by atoms with Crippen LogP contribution in [0.1, 0.15) is 43.6 Å². The number of amidine groups is 1. The van der Waals surface area contributed by atoms with Crippen molar-refractivity contribution in [2.24, 2.45) is 5.73 Å². The highest BCUT2D eigenvalue weighted by Crippen LogP contribution is 2.33. The molecule has 1 atom stereocenters. The number of nitrogens with zero attached hydrogens (tertiary/aromatic N) is 1. The number of alkyl halides is 1. The fourth-order valence-corrected chi connectivity index (χ4v) is 3.78. The molecule has 0 saturated carbocycles. The average Bonchev–Trinajstić information content (AvgIpc) is 2.87. The smallest absolute Gasteiger partial charge is 0.265 e. The van der Waals surface area contributed by atoms with Gasteiger partial charge in [0.25, 0.3) is 5.91 Å². The van der Waals surface area contributed by atoms with E-state index in [1.165, 1.54) is 0 Å². The van der Waals surface area contributed by atoms with Crippen LogP contribution < -0.4 is 31.4 Å². The molecule has 6 N–H and O–H groups in total. The van der Waals surface area contributed by atoms with Gasteiger partial charge in [0, 0.05) is 15.7 Å². The van der Waals surface area contributed by atoms with E-state index in [-0.39, 0.29) is 17.8 Å². The normalized spacial score (nSPS) is 11.5. The SMILES string of the molecule is CCOc1cc(C(Nc2ccc(C(=N)N)cc2)C(=O)NNc2cccc(CI)n2)ccc1OC(C)C. The number of nitrogens with one attached hydrogen (secondary N) is 4. The molecule has 1 aromatic heterocycles. The molecular formula is C26H31IN6O3. The maximum Gasteiger partial charge on any atom is 0.265 e. The van der Waals surface area contributed by atoms with Gasteiger partial charge in [0.2, 0.25) is 0 Å². The third-order valence-electron chi connectivity index (χ3n) is 4.99. The molecule has 0 aliphatic carbocycles. The van der Waals surface area contributed by atoms with E-state index in [0.29, 0.717) is 40.7 Å². The Labute approximate surface area is 224 Å². The Morgan fingerprint density at radius 1 is 1.11 bits per heavy atom. The summed E-state index contributed by atoms with van der Waals surface area (Å²) >= 11 is 2.24. The van der Waals surface area contributed by atoms with Crippen molar-refractivity contribution in [2.75, 3.05) is 17.3 Å². The van der Waals surface area contributed by atoms with Gasteiger partial charge in [0.1, 0.15) is 17.7 Å². The summed E-state index contributed by atoms with van der Waals surface area (Å²) < 4.78 is 12.4.